The number of esters is 2. The van der Waals surface area contributed by atoms with Gasteiger partial charge in [-0.1, -0.05) is 13.8 Å². The lowest BCUT2D eigenvalue weighted by molar-refractivity contribution is -0.118. The van der Waals surface area contributed by atoms with Crippen molar-refractivity contribution in [2.24, 2.45) is 5.92 Å². The predicted octanol–water partition coefficient (Wildman–Crippen LogP) is 3.11. The second kappa shape index (κ2) is 9.45. The maximum Gasteiger partial charge on any atom is 0.338 e. The van der Waals surface area contributed by atoms with E-state index in [0.29, 0.717) is 16.8 Å². The number of nitrogens with one attached hydrogen (secondary N) is 1. The number of Topliss-reactive ketones (excluding diaryl/α,β-unsaturated/α-hetero) is 1. The van der Waals surface area contributed by atoms with Crippen molar-refractivity contribution in [3.8, 4) is 0 Å². The van der Waals surface area contributed by atoms with Gasteiger partial charge in [-0.25, -0.2) is 9.59 Å². The molecule has 0 aromatic heterocycles. The fourth-order valence-electron chi connectivity index (χ4n) is 2.18. The lowest BCUT2D eigenvalue weighted by Gasteiger charge is -2.08. The zero-order chi connectivity index (χ0) is 20.7. The zero-order valence-electron chi connectivity index (χ0n) is 15.9. The monoisotopic (exact) mass is 383 g/mol. The molecule has 7 heteroatoms. The van der Waals surface area contributed by atoms with Gasteiger partial charge in [-0.05, 0) is 48.5 Å². The molecule has 146 valence electrons. The van der Waals surface area contributed by atoms with Gasteiger partial charge in [0.15, 0.2) is 12.4 Å². The Bertz CT molecular complexity index is 869. The molecule has 0 unspecified atom stereocenters. The molecule has 0 spiro atoms. The first-order valence-corrected chi connectivity index (χ1v) is 8.61. The lowest BCUT2D eigenvalue weighted by atomic mass is 10.1. The summed E-state index contributed by atoms with van der Waals surface area (Å²) in [5, 5.41) is 2.73. The molecule has 0 aliphatic heterocycles. The number of hydrogen-bond acceptors (Lipinski definition) is 6. The van der Waals surface area contributed by atoms with Crippen LogP contribution >= 0.6 is 0 Å². The van der Waals surface area contributed by atoms with Crippen LogP contribution < -0.4 is 5.32 Å². The van der Waals surface area contributed by atoms with Crippen molar-refractivity contribution in [3.63, 3.8) is 0 Å². The number of ketones is 1. The normalized spacial score (nSPS) is 10.3. The van der Waals surface area contributed by atoms with E-state index in [2.05, 4.69) is 10.1 Å². The van der Waals surface area contributed by atoms with E-state index in [1.807, 2.05) is 0 Å². The highest BCUT2D eigenvalue weighted by atomic mass is 16.5. The summed E-state index contributed by atoms with van der Waals surface area (Å²) in [6.45, 7) is 3.14. The van der Waals surface area contributed by atoms with Crippen molar-refractivity contribution in [1.82, 2.24) is 0 Å². The first-order chi connectivity index (χ1) is 13.3. The molecule has 0 heterocycles. The molecule has 28 heavy (non-hydrogen) atoms. The fourth-order valence-corrected chi connectivity index (χ4v) is 2.18. The van der Waals surface area contributed by atoms with Gasteiger partial charge in [0.2, 0.25) is 5.91 Å². The molecule has 0 aliphatic carbocycles. The molecule has 0 radical (unpaired) electrons. The topological polar surface area (TPSA) is 98.8 Å². The number of ether oxygens (including phenoxy) is 2. The third-order valence-corrected chi connectivity index (χ3v) is 3.87. The molecule has 0 saturated carbocycles. The summed E-state index contributed by atoms with van der Waals surface area (Å²) in [7, 11) is 1.26. The Morgan fingerprint density at radius 3 is 1.82 bits per heavy atom. The van der Waals surface area contributed by atoms with Gasteiger partial charge in [0.25, 0.3) is 0 Å². The number of carbonyl (C=O) groups is 4. The number of hydrogen-bond donors (Lipinski definition) is 1. The summed E-state index contributed by atoms with van der Waals surface area (Å²) in [5.74, 6) is -1.83. The van der Waals surface area contributed by atoms with Crippen LogP contribution in [0.4, 0.5) is 5.69 Å². The Balaban J connectivity index is 1.91. The van der Waals surface area contributed by atoms with Crippen molar-refractivity contribution in [2.45, 2.75) is 13.8 Å². The maximum atomic E-state index is 12.2. The molecular formula is C21H21NO6. The minimum Gasteiger partial charge on any atom is -0.465 e. The van der Waals surface area contributed by atoms with E-state index < -0.39 is 18.5 Å². The van der Waals surface area contributed by atoms with Crippen LogP contribution in [0.15, 0.2) is 48.5 Å². The van der Waals surface area contributed by atoms with Gasteiger partial charge >= 0.3 is 11.9 Å². The van der Waals surface area contributed by atoms with Gasteiger partial charge in [-0.3, -0.25) is 9.59 Å². The van der Waals surface area contributed by atoms with Crippen LogP contribution in [-0.2, 0) is 14.3 Å². The number of rotatable bonds is 7. The number of benzene rings is 2. The molecule has 0 saturated heterocycles. The minimum absolute atomic E-state index is 0.119. The molecule has 1 amide bonds. The highest BCUT2D eigenvalue weighted by Gasteiger charge is 2.14. The Morgan fingerprint density at radius 1 is 0.821 bits per heavy atom. The van der Waals surface area contributed by atoms with Crippen molar-refractivity contribution in [3.05, 3.63) is 65.2 Å². The molecule has 0 atom stereocenters. The van der Waals surface area contributed by atoms with E-state index in [1.54, 1.807) is 38.1 Å². The third-order valence-electron chi connectivity index (χ3n) is 3.87. The Morgan fingerprint density at radius 2 is 1.32 bits per heavy atom. The summed E-state index contributed by atoms with van der Waals surface area (Å²) in [4.78, 5) is 47.2. The number of amides is 1. The Labute approximate surface area is 162 Å². The smallest absolute Gasteiger partial charge is 0.338 e. The lowest BCUT2D eigenvalue weighted by Crippen LogP contribution is -2.18. The SMILES string of the molecule is COC(=O)c1ccc(C(=O)OCC(=O)c2ccc(NC(=O)C(C)C)cc2)cc1. The molecule has 2 aromatic rings. The van der Waals surface area contributed by atoms with E-state index >= 15 is 0 Å². The standard InChI is InChI=1S/C21H21NO6/c1-13(2)19(24)22-17-10-8-14(9-11-17)18(23)12-28-21(26)16-6-4-15(5-7-16)20(25)27-3/h4-11,13H,12H2,1-3H3,(H,22,24). The van der Waals surface area contributed by atoms with Crippen LogP contribution in [-0.4, -0.2) is 37.3 Å². The molecule has 1 N–H and O–H groups in total. The second-order valence-corrected chi connectivity index (χ2v) is 6.29. The van der Waals surface area contributed by atoms with Crippen LogP contribution in [0.5, 0.6) is 0 Å². The molecular weight excluding hydrogens is 362 g/mol. The highest BCUT2D eigenvalue weighted by Crippen LogP contribution is 2.12. The summed E-state index contributed by atoms with van der Waals surface area (Å²) < 4.78 is 9.61. The van der Waals surface area contributed by atoms with Crippen LogP contribution in [0.3, 0.4) is 0 Å². The van der Waals surface area contributed by atoms with Crippen LogP contribution in [0, 0.1) is 5.92 Å². The molecule has 0 fully saturated rings. The maximum absolute atomic E-state index is 12.2. The van der Waals surface area contributed by atoms with Crippen LogP contribution in [0.25, 0.3) is 0 Å². The molecule has 0 bridgehead atoms. The van der Waals surface area contributed by atoms with E-state index in [9.17, 15) is 19.2 Å². The first kappa shape index (κ1) is 20.8. The number of methoxy groups -OCH3 is 1. The number of anilines is 1. The van der Waals surface area contributed by atoms with Crippen molar-refractivity contribution in [1.29, 1.82) is 0 Å². The molecule has 7 nitrogen and oxygen atoms in total. The van der Waals surface area contributed by atoms with Crippen molar-refractivity contribution >= 4 is 29.3 Å². The van der Waals surface area contributed by atoms with Gasteiger partial charge in [0.05, 0.1) is 18.2 Å². The Hall–Kier alpha value is -3.48. The Kier molecular flexibility index (Phi) is 7.03. The second-order valence-electron chi connectivity index (χ2n) is 6.29. The molecule has 0 aliphatic rings. The van der Waals surface area contributed by atoms with Gasteiger partial charge in [-0.15, -0.1) is 0 Å². The van der Waals surface area contributed by atoms with Crippen LogP contribution in [0.2, 0.25) is 0 Å². The number of carbonyl (C=O) groups excluding carboxylic acids is 4. The minimum atomic E-state index is -0.675. The summed E-state index contributed by atoms with van der Waals surface area (Å²) in [6, 6.07) is 12.1. The average molecular weight is 383 g/mol. The van der Waals surface area contributed by atoms with Gasteiger partial charge in [0.1, 0.15) is 0 Å². The quantitative estimate of drug-likeness (QED) is 0.583. The predicted molar refractivity (Wildman–Crippen MR) is 102 cm³/mol. The third kappa shape index (κ3) is 5.51. The van der Waals surface area contributed by atoms with Gasteiger partial charge in [-0.2, -0.15) is 0 Å². The summed E-state index contributed by atoms with van der Waals surface area (Å²) in [5.41, 5.74) is 1.46. The zero-order valence-corrected chi connectivity index (χ0v) is 15.9. The van der Waals surface area contributed by atoms with Crippen molar-refractivity contribution < 1.29 is 28.7 Å². The van der Waals surface area contributed by atoms with Crippen molar-refractivity contribution in [2.75, 3.05) is 19.0 Å². The largest absolute Gasteiger partial charge is 0.465 e. The fraction of sp³-hybridized carbons (Fsp3) is 0.238. The first-order valence-electron chi connectivity index (χ1n) is 8.61. The van der Waals surface area contributed by atoms with E-state index in [4.69, 9.17) is 4.74 Å². The average Bonchev–Trinajstić information content (AvgIpc) is 2.71. The molecule has 2 rings (SSSR count). The summed E-state index contributed by atoms with van der Waals surface area (Å²) >= 11 is 0. The van der Waals surface area contributed by atoms with Gasteiger partial charge < -0.3 is 14.8 Å². The highest BCUT2D eigenvalue weighted by molar-refractivity contribution is 6.00. The summed E-state index contributed by atoms with van der Waals surface area (Å²) in [6.07, 6.45) is 0. The van der Waals surface area contributed by atoms with Crippen LogP contribution in [0.1, 0.15) is 44.9 Å². The van der Waals surface area contributed by atoms with E-state index in [0.717, 1.165) is 0 Å². The van der Waals surface area contributed by atoms with E-state index in [-0.39, 0.29) is 23.2 Å². The van der Waals surface area contributed by atoms with Gasteiger partial charge in [0, 0.05) is 17.2 Å². The van der Waals surface area contributed by atoms with E-state index in [1.165, 1.54) is 31.4 Å². The molecule has 2 aromatic carbocycles.